The van der Waals surface area contributed by atoms with Gasteiger partial charge in [-0.3, -0.25) is 4.90 Å². The average molecular weight is 405 g/mol. The predicted molar refractivity (Wildman–Crippen MR) is 112 cm³/mol. The molecule has 0 saturated carbocycles. The van der Waals surface area contributed by atoms with Gasteiger partial charge in [0.2, 0.25) is 0 Å². The van der Waals surface area contributed by atoms with E-state index in [4.69, 9.17) is 11.5 Å². The Kier molecular flexibility index (Phi) is 6.56. The molecule has 6 N–H and O–H groups in total. The summed E-state index contributed by atoms with van der Waals surface area (Å²) in [6.45, 7) is 2.54. The van der Waals surface area contributed by atoms with Crippen molar-refractivity contribution >= 4 is 21.2 Å². The Morgan fingerprint density at radius 2 is 1.54 bits per heavy atom. The van der Waals surface area contributed by atoms with Crippen molar-refractivity contribution in [2.24, 2.45) is 0 Å². The topological polar surface area (TPSA) is 122 Å². The molecule has 0 radical (unpaired) electrons. The molecule has 152 valence electrons. The molecule has 2 aromatic carbocycles. The first-order chi connectivity index (χ1) is 13.3. The van der Waals surface area contributed by atoms with E-state index in [1.165, 1.54) is 0 Å². The van der Waals surface area contributed by atoms with Gasteiger partial charge in [0.15, 0.2) is 9.84 Å². The normalized spacial score (nSPS) is 21.2. The molecule has 0 spiro atoms. The third-order valence-corrected chi connectivity index (χ3v) is 6.71. The SMILES string of the molecule is Nc1ccc(CNCCN(Cc2ccc(N)cc2)[C@@H]2CS(=O)(=O)C[C@@H]2O)cc1. The third kappa shape index (κ3) is 5.68. The van der Waals surface area contributed by atoms with Crippen molar-refractivity contribution in [3.8, 4) is 0 Å². The molecule has 0 amide bonds. The van der Waals surface area contributed by atoms with Crippen molar-refractivity contribution in [2.75, 3.05) is 36.1 Å². The average Bonchev–Trinajstić information content (AvgIpc) is 2.93. The van der Waals surface area contributed by atoms with Gasteiger partial charge in [-0.15, -0.1) is 0 Å². The van der Waals surface area contributed by atoms with Crippen LogP contribution in [0.25, 0.3) is 0 Å². The number of aliphatic hydroxyl groups is 1. The van der Waals surface area contributed by atoms with Crippen LogP contribution in [0.1, 0.15) is 11.1 Å². The number of benzene rings is 2. The summed E-state index contributed by atoms with van der Waals surface area (Å²) in [5.74, 6) is -0.185. The molecule has 2 aromatic rings. The van der Waals surface area contributed by atoms with Crippen LogP contribution in [0, 0.1) is 0 Å². The number of nitrogens with two attached hydrogens (primary N) is 2. The van der Waals surface area contributed by atoms with Crippen molar-refractivity contribution in [3.05, 3.63) is 59.7 Å². The van der Waals surface area contributed by atoms with E-state index in [1.54, 1.807) is 0 Å². The number of aliphatic hydroxyl groups excluding tert-OH is 1. The maximum absolute atomic E-state index is 12.0. The highest BCUT2D eigenvalue weighted by molar-refractivity contribution is 7.91. The fourth-order valence-electron chi connectivity index (χ4n) is 3.47. The van der Waals surface area contributed by atoms with Gasteiger partial charge in [0.1, 0.15) is 0 Å². The highest BCUT2D eigenvalue weighted by Gasteiger charge is 2.39. The van der Waals surface area contributed by atoms with E-state index >= 15 is 0 Å². The van der Waals surface area contributed by atoms with Crippen molar-refractivity contribution in [2.45, 2.75) is 25.2 Å². The molecule has 1 saturated heterocycles. The zero-order valence-corrected chi connectivity index (χ0v) is 16.6. The predicted octanol–water partition coefficient (Wildman–Crippen LogP) is 0.601. The van der Waals surface area contributed by atoms with Gasteiger partial charge in [-0.1, -0.05) is 24.3 Å². The summed E-state index contributed by atoms with van der Waals surface area (Å²) in [7, 11) is -3.21. The van der Waals surface area contributed by atoms with Crippen molar-refractivity contribution in [3.63, 3.8) is 0 Å². The monoisotopic (exact) mass is 404 g/mol. The van der Waals surface area contributed by atoms with Gasteiger partial charge in [0.05, 0.1) is 23.7 Å². The maximum Gasteiger partial charge on any atom is 0.154 e. The van der Waals surface area contributed by atoms with Crippen LogP contribution in [0.2, 0.25) is 0 Å². The Morgan fingerprint density at radius 1 is 0.964 bits per heavy atom. The zero-order chi connectivity index (χ0) is 20.1. The Balaban J connectivity index is 1.62. The van der Waals surface area contributed by atoms with E-state index in [2.05, 4.69) is 5.32 Å². The number of nitrogen functional groups attached to an aromatic ring is 2. The van der Waals surface area contributed by atoms with Gasteiger partial charge in [0, 0.05) is 37.6 Å². The van der Waals surface area contributed by atoms with Crippen LogP contribution in [-0.4, -0.2) is 55.2 Å². The summed E-state index contributed by atoms with van der Waals surface area (Å²) in [6, 6.07) is 14.8. The van der Waals surface area contributed by atoms with Crippen molar-refractivity contribution < 1.29 is 13.5 Å². The van der Waals surface area contributed by atoms with E-state index in [1.807, 2.05) is 53.4 Å². The lowest BCUT2D eigenvalue weighted by Gasteiger charge is -2.30. The smallest absolute Gasteiger partial charge is 0.154 e. The van der Waals surface area contributed by atoms with E-state index in [-0.39, 0.29) is 11.5 Å². The molecule has 28 heavy (non-hydrogen) atoms. The van der Waals surface area contributed by atoms with E-state index in [0.29, 0.717) is 31.9 Å². The lowest BCUT2D eigenvalue weighted by atomic mass is 10.1. The van der Waals surface area contributed by atoms with Gasteiger partial charge < -0.3 is 21.9 Å². The summed E-state index contributed by atoms with van der Waals surface area (Å²) in [4.78, 5) is 2.04. The van der Waals surface area contributed by atoms with Crippen molar-refractivity contribution in [1.82, 2.24) is 10.2 Å². The molecule has 0 aliphatic carbocycles. The molecule has 0 bridgehead atoms. The number of nitrogens with one attached hydrogen (secondary N) is 1. The third-order valence-electron chi connectivity index (χ3n) is 5.01. The molecule has 2 atom stereocenters. The van der Waals surface area contributed by atoms with E-state index < -0.39 is 22.0 Å². The molecule has 1 fully saturated rings. The van der Waals surface area contributed by atoms with Crippen LogP contribution in [-0.2, 0) is 22.9 Å². The number of anilines is 2. The zero-order valence-electron chi connectivity index (χ0n) is 15.8. The minimum atomic E-state index is -3.21. The second kappa shape index (κ2) is 8.91. The van der Waals surface area contributed by atoms with Gasteiger partial charge in [-0.25, -0.2) is 8.42 Å². The number of nitrogens with zero attached hydrogens (tertiary/aromatic N) is 1. The second-order valence-electron chi connectivity index (χ2n) is 7.34. The molecular formula is C20H28N4O3S. The lowest BCUT2D eigenvalue weighted by Crippen LogP contribution is -2.45. The lowest BCUT2D eigenvalue weighted by molar-refractivity contribution is 0.0786. The van der Waals surface area contributed by atoms with Gasteiger partial charge in [-0.2, -0.15) is 0 Å². The van der Waals surface area contributed by atoms with Crippen LogP contribution in [0.15, 0.2) is 48.5 Å². The summed E-state index contributed by atoms with van der Waals surface area (Å²) >= 11 is 0. The molecule has 3 rings (SSSR count). The second-order valence-corrected chi connectivity index (χ2v) is 9.50. The Hall–Kier alpha value is -2.13. The van der Waals surface area contributed by atoms with Gasteiger partial charge >= 0.3 is 0 Å². The first kappa shape index (κ1) is 20.6. The summed E-state index contributed by atoms with van der Waals surface area (Å²) in [5.41, 5.74) is 15.0. The van der Waals surface area contributed by atoms with E-state index in [9.17, 15) is 13.5 Å². The summed E-state index contributed by atoms with van der Waals surface area (Å²) < 4.78 is 23.9. The number of sulfone groups is 1. The van der Waals surface area contributed by atoms with Crippen LogP contribution in [0.3, 0.4) is 0 Å². The fourth-order valence-corrected chi connectivity index (χ4v) is 5.30. The van der Waals surface area contributed by atoms with Crippen LogP contribution in [0.4, 0.5) is 11.4 Å². The quantitative estimate of drug-likeness (QED) is 0.375. The molecule has 1 aliphatic heterocycles. The highest BCUT2D eigenvalue weighted by atomic mass is 32.2. The number of hydrogen-bond donors (Lipinski definition) is 4. The number of rotatable bonds is 8. The number of hydrogen-bond acceptors (Lipinski definition) is 7. The minimum absolute atomic E-state index is 0.0128. The van der Waals surface area contributed by atoms with Crippen LogP contribution in [0.5, 0.6) is 0 Å². The largest absolute Gasteiger partial charge is 0.399 e. The fraction of sp³-hybridized carbons (Fsp3) is 0.400. The first-order valence-corrected chi connectivity index (χ1v) is 11.2. The Labute approximate surface area is 166 Å². The molecule has 1 heterocycles. The molecule has 1 aliphatic rings. The Morgan fingerprint density at radius 3 is 2.07 bits per heavy atom. The standard InChI is InChI=1S/C20H28N4O3S/c21-17-5-1-15(2-6-17)11-23-9-10-24(12-16-3-7-18(22)8-4-16)19-13-28(26,27)14-20(19)25/h1-8,19-20,23,25H,9-14,21-22H2/t19-,20+/m1/s1. The highest BCUT2D eigenvalue weighted by Crippen LogP contribution is 2.21. The molecule has 0 aromatic heterocycles. The van der Waals surface area contributed by atoms with Gasteiger partial charge in [0.25, 0.3) is 0 Å². The Bertz CT molecular complexity index is 869. The van der Waals surface area contributed by atoms with Crippen LogP contribution < -0.4 is 16.8 Å². The maximum atomic E-state index is 12.0. The first-order valence-electron chi connectivity index (χ1n) is 9.34. The van der Waals surface area contributed by atoms with Crippen molar-refractivity contribution in [1.29, 1.82) is 0 Å². The molecule has 7 nitrogen and oxygen atoms in total. The molecule has 8 heteroatoms. The van der Waals surface area contributed by atoms with E-state index in [0.717, 1.165) is 16.8 Å². The van der Waals surface area contributed by atoms with Gasteiger partial charge in [-0.05, 0) is 35.4 Å². The minimum Gasteiger partial charge on any atom is -0.399 e. The summed E-state index contributed by atoms with van der Waals surface area (Å²) in [6.07, 6.45) is -0.865. The molecule has 0 unspecified atom stereocenters. The molecular weight excluding hydrogens is 376 g/mol. The summed E-state index contributed by atoms with van der Waals surface area (Å²) in [5, 5.41) is 13.7. The van der Waals surface area contributed by atoms with Crippen LogP contribution >= 0.6 is 0 Å².